The predicted octanol–water partition coefficient (Wildman–Crippen LogP) is 3.35. The highest BCUT2D eigenvalue weighted by Crippen LogP contribution is 2.20. The molecule has 0 aliphatic rings. The zero-order valence-electron chi connectivity index (χ0n) is 18.5. The van der Waals surface area contributed by atoms with Gasteiger partial charge in [-0.2, -0.15) is 0 Å². The molecule has 0 aliphatic heterocycles. The minimum atomic E-state index is -0.883. The van der Waals surface area contributed by atoms with Crippen molar-refractivity contribution in [2.75, 3.05) is 11.9 Å². The molecule has 1 aromatic heterocycles. The van der Waals surface area contributed by atoms with Crippen LogP contribution < -0.4 is 10.6 Å². The van der Waals surface area contributed by atoms with Crippen molar-refractivity contribution in [1.29, 1.82) is 0 Å². The summed E-state index contributed by atoms with van der Waals surface area (Å²) in [6, 6.07) is 7.08. The minimum Gasteiger partial charge on any atom is -0.394 e. The van der Waals surface area contributed by atoms with Crippen molar-refractivity contribution in [2.24, 2.45) is 0 Å². The number of carbonyl (C=O) groups is 2. The highest BCUT2D eigenvalue weighted by molar-refractivity contribution is 5.96. The molecule has 3 aromatic rings. The second-order valence-electron chi connectivity index (χ2n) is 7.81. The third-order valence-electron chi connectivity index (χ3n) is 5.16. The lowest BCUT2D eigenvalue weighted by molar-refractivity contribution is -0.126. The van der Waals surface area contributed by atoms with Gasteiger partial charge in [0.1, 0.15) is 23.5 Å². The number of halogens is 3. The maximum atomic E-state index is 13.4. The van der Waals surface area contributed by atoms with Gasteiger partial charge in [-0.1, -0.05) is 25.5 Å². The van der Waals surface area contributed by atoms with Gasteiger partial charge in [0.25, 0.3) is 0 Å². The van der Waals surface area contributed by atoms with Crippen LogP contribution in [-0.4, -0.2) is 39.1 Å². The number of aliphatic hydroxyl groups excluding tert-OH is 1. The lowest BCUT2D eigenvalue weighted by atomic mass is 10.1. The zero-order valence-corrected chi connectivity index (χ0v) is 18.5. The summed E-state index contributed by atoms with van der Waals surface area (Å²) in [5.41, 5.74) is 0.810. The third-order valence-corrected chi connectivity index (χ3v) is 5.16. The van der Waals surface area contributed by atoms with Crippen LogP contribution in [0.25, 0.3) is 0 Å². The van der Waals surface area contributed by atoms with Gasteiger partial charge in [-0.15, -0.1) is 0 Å². The van der Waals surface area contributed by atoms with Crippen LogP contribution in [0.2, 0.25) is 0 Å². The number of aliphatic hydroxyl groups is 1. The number of imidazole rings is 1. The smallest absolute Gasteiger partial charge is 0.248 e. The number of rotatable bonds is 10. The molecule has 0 spiro atoms. The van der Waals surface area contributed by atoms with Crippen LogP contribution in [0.4, 0.5) is 19.0 Å². The van der Waals surface area contributed by atoms with E-state index in [0.717, 1.165) is 12.1 Å². The van der Waals surface area contributed by atoms with Crippen molar-refractivity contribution in [3.8, 4) is 0 Å². The molecule has 0 radical (unpaired) electrons. The third kappa shape index (κ3) is 6.67. The van der Waals surface area contributed by atoms with Gasteiger partial charge < -0.3 is 20.3 Å². The Hall–Kier alpha value is -3.66. The normalized spacial score (nSPS) is 12.7. The van der Waals surface area contributed by atoms with E-state index in [2.05, 4.69) is 15.6 Å². The molecule has 3 rings (SSSR count). The molecule has 0 saturated heterocycles. The maximum absolute atomic E-state index is 13.4. The fraction of sp³-hybridized carbons (Fsp3) is 0.292. The first-order valence-corrected chi connectivity index (χ1v) is 10.7. The van der Waals surface area contributed by atoms with Crippen molar-refractivity contribution >= 4 is 17.6 Å². The molecule has 34 heavy (non-hydrogen) atoms. The summed E-state index contributed by atoms with van der Waals surface area (Å²) >= 11 is 0. The predicted molar refractivity (Wildman–Crippen MR) is 119 cm³/mol. The van der Waals surface area contributed by atoms with Gasteiger partial charge in [-0.25, -0.2) is 18.2 Å². The van der Waals surface area contributed by atoms with E-state index in [-0.39, 0.29) is 24.4 Å². The van der Waals surface area contributed by atoms with E-state index in [0.29, 0.717) is 24.5 Å². The van der Waals surface area contributed by atoms with Gasteiger partial charge in [0.05, 0.1) is 25.4 Å². The second kappa shape index (κ2) is 11.5. The van der Waals surface area contributed by atoms with Gasteiger partial charge in [-0.3, -0.25) is 9.59 Å². The van der Waals surface area contributed by atoms with Crippen LogP contribution >= 0.6 is 0 Å². The first-order chi connectivity index (χ1) is 16.3. The molecular weight excluding hydrogens is 449 g/mol. The molecule has 0 bridgehead atoms. The largest absolute Gasteiger partial charge is 0.394 e. The van der Waals surface area contributed by atoms with E-state index in [1.807, 2.05) is 6.92 Å². The zero-order chi connectivity index (χ0) is 24.7. The Bertz CT molecular complexity index is 1110. The Morgan fingerprint density at radius 2 is 1.74 bits per heavy atom. The molecular formula is C24H25F3N4O3. The fourth-order valence-corrected chi connectivity index (χ4v) is 3.54. The topological polar surface area (TPSA) is 96.2 Å². The summed E-state index contributed by atoms with van der Waals surface area (Å²) in [5, 5.41) is 15.0. The Labute approximate surface area is 194 Å². The lowest BCUT2D eigenvalue weighted by Crippen LogP contribution is -2.44. The number of hydrogen-bond donors (Lipinski definition) is 3. The number of nitrogens with zero attached hydrogens (tertiary/aromatic N) is 2. The standard InChI is InChI=1S/C24H25F3N4O3/c1-2-3-20(29-23(33)10-15-8-18(26)11-19(27)9-15)24(34)30-22-12-31(14-28-22)21(13-32)16-4-6-17(25)7-5-16/h4-9,11-12,14,20-21,32H,2-3,10,13H2,1H3,(H,29,33)(H,30,34)/t20?,21-/m1/s1. The molecule has 0 fully saturated rings. The van der Waals surface area contributed by atoms with Crippen LogP contribution in [0.15, 0.2) is 55.0 Å². The van der Waals surface area contributed by atoms with Gasteiger partial charge >= 0.3 is 0 Å². The lowest BCUT2D eigenvalue weighted by Gasteiger charge is -2.18. The molecule has 180 valence electrons. The van der Waals surface area contributed by atoms with Crippen LogP contribution in [0.1, 0.15) is 36.9 Å². The van der Waals surface area contributed by atoms with E-state index in [9.17, 15) is 27.9 Å². The van der Waals surface area contributed by atoms with Gasteiger partial charge in [0, 0.05) is 12.3 Å². The number of aromatic nitrogens is 2. The highest BCUT2D eigenvalue weighted by atomic mass is 19.1. The van der Waals surface area contributed by atoms with E-state index < -0.39 is 41.3 Å². The van der Waals surface area contributed by atoms with Crippen LogP contribution in [0, 0.1) is 17.5 Å². The highest BCUT2D eigenvalue weighted by Gasteiger charge is 2.22. The summed E-state index contributed by atoms with van der Waals surface area (Å²) in [6.07, 6.45) is 3.59. The molecule has 2 atom stereocenters. The van der Waals surface area contributed by atoms with Gasteiger partial charge in [0.2, 0.25) is 11.8 Å². The Morgan fingerprint density at radius 3 is 2.35 bits per heavy atom. The van der Waals surface area contributed by atoms with Crippen molar-refractivity contribution < 1.29 is 27.9 Å². The Balaban J connectivity index is 1.65. The number of nitrogens with one attached hydrogen (secondary N) is 2. The SMILES string of the molecule is CCCC(NC(=O)Cc1cc(F)cc(F)c1)C(=O)Nc1cn([C@H](CO)c2ccc(F)cc2)cn1. The number of amides is 2. The average molecular weight is 474 g/mol. The molecule has 7 nitrogen and oxygen atoms in total. The molecule has 3 N–H and O–H groups in total. The first kappa shape index (κ1) is 25.0. The van der Waals surface area contributed by atoms with E-state index >= 15 is 0 Å². The number of anilines is 1. The minimum absolute atomic E-state index is 0.153. The van der Waals surface area contributed by atoms with Crippen LogP contribution in [-0.2, 0) is 16.0 Å². The number of hydrogen-bond acceptors (Lipinski definition) is 4. The summed E-state index contributed by atoms with van der Waals surface area (Å²) in [4.78, 5) is 29.3. The summed E-state index contributed by atoms with van der Waals surface area (Å²) in [6.45, 7) is 1.57. The maximum Gasteiger partial charge on any atom is 0.248 e. The average Bonchev–Trinajstić information content (AvgIpc) is 3.22. The van der Waals surface area contributed by atoms with Crippen molar-refractivity contribution in [2.45, 2.75) is 38.3 Å². The molecule has 0 aliphatic carbocycles. The monoisotopic (exact) mass is 474 g/mol. The van der Waals surface area contributed by atoms with Crippen LogP contribution in [0.5, 0.6) is 0 Å². The first-order valence-electron chi connectivity index (χ1n) is 10.7. The van der Waals surface area contributed by atoms with E-state index in [1.165, 1.54) is 24.7 Å². The Morgan fingerprint density at radius 1 is 1.06 bits per heavy atom. The summed E-state index contributed by atoms with van der Waals surface area (Å²) in [7, 11) is 0. The summed E-state index contributed by atoms with van der Waals surface area (Å²) in [5.74, 6) is -2.83. The molecule has 10 heteroatoms. The van der Waals surface area contributed by atoms with E-state index in [4.69, 9.17) is 0 Å². The van der Waals surface area contributed by atoms with Crippen molar-refractivity contribution in [1.82, 2.24) is 14.9 Å². The molecule has 1 heterocycles. The van der Waals surface area contributed by atoms with Crippen molar-refractivity contribution in [3.63, 3.8) is 0 Å². The van der Waals surface area contributed by atoms with Gasteiger partial charge in [-0.05, 0) is 41.8 Å². The quantitative estimate of drug-likeness (QED) is 0.420. The fourth-order valence-electron chi connectivity index (χ4n) is 3.54. The second-order valence-corrected chi connectivity index (χ2v) is 7.81. The number of carbonyl (C=O) groups excluding carboxylic acids is 2. The summed E-state index contributed by atoms with van der Waals surface area (Å²) < 4.78 is 41.5. The van der Waals surface area contributed by atoms with Crippen LogP contribution in [0.3, 0.4) is 0 Å². The Kier molecular flexibility index (Phi) is 8.42. The number of benzene rings is 2. The van der Waals surface area contributed by atoms with Crippen molar-refractivity contribution in [3.05, 3.63) is 83.6 Å². The molecule has 2 aromatic carbocycles. The molecule has 0 saturated carbocycles. The molecule has 2 amide bonds. The van der Waals surface area contributed by atoms with E-state index in [1.54, 1.807) is 16.7 Å². The molecule has 1 unspecified atom stereocenters. The van der Waals surface area contributed by atoms with Gasteiger partial charge in [0.15, 0.2) is 5.82 Å².